The molecule has 31 heavy (non-hydrogen) atoms. The molecule has 1 aliphatic rings. The van der Waals surface area contributed by atoms with E-state index < -0.39 is 28.8 Å². The number of rotatable bonds is 6. The molecule has 1 saturated heterocycles. The first-order valence-electron chi connectivity index (χ1n) is 9.45. The molecule has 3 rings (SSSR count). The third-order valence-corrected chi connectivity index (χ3v) is 5.85. The van der Waals surface area contributed by atoms with Gasteiger partial charge in [-0.25, -0.2) is 17.9 Å². The molecule has 0 atom stereocenters. The van der Waals surface area contributed by atoms with Gasteiger partial charge < -0.3 is 14.4 Å². The lowest BCUT2D eigenvalue weighted by atomic mass is 10.1. The van der Waals surface area contributed by atoms with Crippen molar-refractivity contribution in [1.82, 2.24) is 9.62 Å². The average Bonchev–Trinajstić information content (AvgIpc) is 2.73. The average molecular weight is 458 g/mol. The number of nitrogens with zero attached hydrogens (tertiary/aromatic N) is 1. The molecule has 0 spiro atoms. The minimum Gasteiger partial charge on any atom is -0.490 e. The fourth-order valence-electron chi connectivity index (χ4n) is 3.01. The zero-order valence-electron chi connectivity index (χ0n) is 16.3. The molecule has 1 aliphatic heterocycles. The van der Waals surface area contributed by atoms with Gasteiger partial charge in [0.1, 0.15) is 17.6 Å². The van der Waals surface area contributed by atoms with E-state index in [1.54, 1.807) is 24.3 Å². The van der Waals surface area contributed by atoms with E-state index in [4.69, 9.17) is 9.47 Å². The van der Waals surface area contributed by atoms with Gasteiger partial charge in [-0.1, -0.05) is 24.3 Å². The monoisotopic (exact) mass is 458 g/mol. The van der Waals surface area contributed by atoms with E-state index in [1.165, 1.54) is 35.2 Å². The van der Waals surface area contributed by atoms with Crippen LogP contribution in [0.5, 0.6) is 11.5 Å². The van der Waals surface area contributed by atoms with Gasteiger partial charge in [0, 0.05) is 32.0 Å². The Morgan fingerprint density at radius 1 is 1.03 bits per heavy atom. The third-order valence-electron chi connectivity index (χ3n) is 4.52. The van der Waals surface area contributed by atoms with Crippen LogP contribution in [0, 0.1) is 0 Å². The maximum absolute atomic E-state index is 12.3. The maximum atomic E-state index is 12.3. The Morgan fingerprint density at radius 2 is 1.68 bits per heavy atom. The number of carbonyl (C=O) groups excluding carboxylic acids is 1. The highest BCUT2D eigenvalue weighted by molar-refractivity contribution is 7.90. The van der Waals surface area contributed by atoms with Crippen LogP contribution in [-0.2, 0) is 10.0 Å². The van der Waals surface area contributed by atoms with Gasteiger partial charge in [0.2, 0.25) is 0 Å². The molecule has 1 heterocycles. The Labute approximate surface area is 177 Å². The fourth-order valence-corrected chi connectivity index (χ4v) is 4.00. The molecule has 7 nitrogen and oxygen atoms in total. The summed E-state index contributed by atoms with van der Waals surface area (Å²) >= 11 is 0. The minimum atomic E-state index is -4.43. The van der Waals surface area contributed by atoms with Crippen LogP contribution in [-0.4, -0.2) is 51.3 Å². The molecule has 2 amide bonds. The number of halogens is 3. The molecule has 0 aromatic heterocycles. The second kappa shape index (κ2) is 9.46. The highest BCUT2D eigenvalue weighted by Crippen LogP contribution is 2.25. The summed E-state index contributed by atoms with van der Waals surface area (Å²) in [5.41, 5.74) is 0. The smallest absolute Gasteiger partial charge is 0.422 e. The minimum absolute atomic E-state index is 0.00538. The van der Waals surface area contributed by atoms with Gasteiger partial charge in [0.25, 0.3) is 10.0 Å². The highest BCUT2D eigenvalue weighted by atomic mass is 32.2. The molecule has 2 aromatic rings. The second-order valence-electron chi connectivity index (χ2n) is 6.91. The molecule has 0 radical (unpaired) electrons. The molecule has 1 N–H and O–H groups in total. The van der Waals surface area contributed by atoms with Crippen LogP contribution < -0.4 is 14.2 Å². The van der Waals surface area contributed by atoms with Crippen molar-refractivity contribution in [2.45, 2.75) is 30.0 Å². The van der Waals surface area contributed by atoms with Crippen molar-refractivity contribution in [1.29, 1.82) is 0 Å². The van der Waals surface area contributed by atoms with Gasteiger partial charge in [-0.15, -0.1) is 0 Å². The van der Waals surface area contributed by atoms with Crippen LogP contribution in [0.2, 0.25) is 0 Å². The number of benzene rings is 2. The predicted octanol–water partition coefficient (Wildman–Crippen LogP) is 3.57. The number of piperidine rings is 1. The highest BCUT2D eigenvalue weighted by Gasteiger charge is 2.29. The van der Waals surface area contributed by atoms with Crippen molar-refractivity contribution >= 4 is 16.1 Å². The van der Waals surface area contributed by atoms with Crippen LogP contribution in [0.3, 0.4) is 0 Å². The Hall–Kier alpha value is -2.95. The zero-order valence-corrected chi connectivity index (χ0v) is 17.2. The molecule has 0 aliphatic carbocycles. The summed E-state index contributed by atoms with van der Waals surface area (Å²) in [5, 5.41) is 0. The van der Waals surface area contributed by atoms with E-state index in [1.807, 2.05) is 0 Å². The molecular weight excluding hydrogens is 437 g/mol. The standard InChI is InChI=1S/C20H21F3N2O5S/c21-20(22,23)14-29-16-5-4-6-17(13-16)30-15-9-11-25(12-10-15)19(26)24-31(27,28)18-7-2-1-3-8-18/h1-8,13,15H,9-12,14H2,(H,24,26). The number of amides is 2. The first kappa shape index (κ1) is 22.7. The number of ether oxygens (including phenoxy) is 2. The largest absolute Gasteiger partial charge is 0.490 e. The molecule has 0 saturated carbocycles. The SMILES string of the molecule is O=C(NS(=O)(=O)c1ccccc1)N1CCC(Oc2cccc(OCC(F)(F)F)c2)CC1. The summed E-state index contributed by atoms with van der Waals surface area (Å²) in [7, 11) is -3.96. The van der Waals surface area contributed by atoms with Crippen LogP contribution in [0.4, 0.5) is 18.0 Å². The van der Waals surface area contributed by atoms with E-state index in [0.717, 1.165) is 0 Å². The first-order valence-corrected chi connectivity index (χ1v) is 10.9. The van der Waals surface area contributed by atoms with Crippen molar-refractivity contribution in [3.63, 3.8) is 0 Å². The number of urea groups is 1. The number of hydrogen-bond acceptors (Lipinski definition) is 5. The summed E-state index contributed by atoms with van der Waals surface area (Å²) in [6.45, 7) is -0.855. The normalized spacial score (nSPS) is 15.4. The van der Waals surface area contributed by atoms with Gasteiger partial charge in [0.05, 0.1) is 4.90 Å². The lowest BCUT2D eigenvalue weighted by Crippen LogP contribution is -2.48. The molecule has 0 bridgehead atoms. The van der Waals surface area contributed by atoms with Crippen molar-refractivity contribution in [2.75, 3.05) is 19.7 Å². The molecule has 2 aromatic carbocycles. The number of alkyl halides is 3. The Morgan fingerprint density at radius 3 is 2.32 bits per heavy atom. The molecule has 168 valence electrons. The number of carbonyl (C=O) groups is 1. The number of hydrogen-bond donors (Lipinski definition) is 1. The van der Waals surface area contributed by atoms with Crippen molar-refractivity contribution in [3.8, 4) is 11.5 Å². The van der Waals surface area contributed by atoms with Crippen LogP contribution in [0.15, 0.2) is 59.5 Å². The van der Waals surface area contributed by atoms with Gasteiger partial charge in [-0.3, -0.25) is 0 Å². The lowest BCUT2D eigenvalue weighted by Gasteiger charge is -2.32. The van der Waals surface area contributed by atoms with Crippen molar-refractivity contribution in [3.05, 3.63) is 54.6 Å². The maximum Gasteiger partial charge on any atom is 0.422 e. The van der Waals surface area contributed by atoms with Gasteiger partial charge >= 0.3 is 12.2 Å². The topological polar surface area (TPSA) is 84.9 Å². The summed E-state index contributed by atoms with van der Waals surface area (Å²) in [5.74, 6) is 0.395. The number of nitrogens with one attached hydrogen (secondary N) is 1. The number of likely N-dealkylation sites (tertiary alicyclic amines) is 1. The lowest BCUT2D eigenvalue weighted by molar-refractivity contribution is -0.153. The van der Waals surface area contributed by atoms with Gasteiger partial charge in [0.15, 0.2) is 6.61 Å². The molecule has 0 unspecified atom stereocenters. The summed E-state index contributed by atoms with van der Waals surface area (Å²) in [6, 6.07) is 12.8. The molecule has 11 heteroatoms. The number of sulfonamides is 1. The predicted molar refractivity (Wildman–Crippen MR) is 105 cm³/mol. The summed E-state index contributed by atoms with van der Waals surface area (Å²) in [6.07, 6.45) is -3.83. The van der Waals surface area contributed by atoms with Crippen LogP contribution in [0.25, 0.3) is 0 Å². The van der Waals surface area contributed by atoms with Gasteiger partial charge in [-0.2, -0.15) is 13.2 Å². The quantitative estimate of drug-likeness (QED) is 0.716. The summed E-state index contributed by atoms with van der Waals surface area (Å²) < 4.78 is 73.9. The van der Waals surface area contributed by atoms with Crippen molar-refractivity contribution in [2.24, 2.45) is 0 Å². The van der Waals surface area contributed by atoms with Crippen molar-refractivity contribution < 1.29 is 35.9 Å². The Bertz CT molecular complexity index is 991. The third kappa shape index (κ3) is 6.78. The molecular formula is C20H21F3N2O5S. The van der Waals surface area contributed by atoms with Crippen LogP contribution in [0.1, 0.15) is 12.8 Å². The van der Waals surface area contributed by atoms with E-state index in [-0.39, 0.29) is 29.8 Å². The van der Waals surface area contributed by atoms with E-state index in [9.17, 15) is 26.4 Å². The van der Waals surface area contributed by atoms with E-state index in [2.05, 4.69) is 4.72 Å². The fraction of sp³-hybridized carbons (Fsp3) is 0.350. The Balaban J connectivity index is 1.50. The second-order valence-corrected chi connectivity index (χ2v) is 8.59. The first-order chi connectivity index (χ1) is 14.6. The zero-order chi connectivity index (χ0) is 22.5. The van der Waals surface area contributed by atoms with Gasteiger partial charge in [-0.05, 0) is 24.3 Å². The summed E-state index contributed by atoms with van der Waals surface area (Å²) in [4.78, 5) is 13.7. The van der Waals surface area contributed by atoms with Crippen LogP contribution >= 0.6 is 0 Å². The Kier molecular flexibility index (Phi) is 6.94. The molecule has 1 fully saturated rings. The van der Waals surface area contributed by atoms with E-state index in [0.29, 0.717) is 18.6 Å². The van der Waals surface area contributed by atoms with E-state index >= 15 is 0 Å².